The maximum atomic E-state index is 13.7. The Kier molecular flexibility index (Phi) is 7.84. The molecule has 1 amide bonds. The molecule has 2 N–H and O–H groups in total. The lowest BCUT2D eigenvalue weighted by atomic mass is 10.1. The highest BCUT2D eigenvalue weighted by Gasteiger charge is 2.21. The molecule has 0 bridgehead atoms. The topological polar surface area (TPSA) is 84.5 Å². The van der Waals surface area contributed by atoms with Crippen molar-refractivity contribution in [1.82, 2.24) is 10.0 Å². The van der Waals surface area contributed by atoms with Crippen LogP contribution in [0.15, 0.2) is 71.6 Å². The van der Waals surface area contributed by atoms with Gasteiger partial charge in [-0.05, 0) is 53.9 Å². The number of sulfonamides is 1. The first-order valence-electron chi connectivity index (χ1n) is 9.74. The summed E-state index contributed by atoms with van der Waals surface area (Å²) in [6, 6.07) is 17.2. The molecule has 0 aliphatic rings. The van der Waals surface area contributed by atoms with Gasteiger partial charge < -0.3 is 10.1 Å². The Bertz CT molecular complexity index is 1200. The highest BCUT2D eigenvalue weighted by Crippen LogP contribution is 2.25. The number of halogens is 2. The molecule has 3 aromatic carbocycles. The van der Waals surface area contributed by atoms with E-state index in [1.165, 1.54) is 31.4 Å². The second kappa shape index (κ2) is 10.6. The van der Waals surface area contributed by atoms with E-state index in [1.54, 1.807) is 42.5 Å². The van der Waals surface area contributed by atoms with Crippen LogP contribution in [0.2, 0.25) is 5.02 Å². The van der Waals surface area contributed by atoms with Gasteiger partial charge in [-0.15, -0.1) is 0 Å². The largest absolute Gasteiger partial charge is 0.495 e. The molecule has 3 rings (SSSR count). The molecule has 0 atom stereocenters. The Morgan fingerprint density at radius 3 is 2.47 bits per heavy atom. The van der Waals surface area contributed by atoms with Crippen molar-refractivity contribution in [3.63, 3.8) is 0 Å². The maximum Gasteiger partial charge on any atom is 0.251 e. The van der Waals surface area contributed by atoms with Crippen molar-refractivity contribution in [1.29, 1.82) is 0 Å². The van der Waals surface area contributed by atoms with E-state index < -0.39 is 15.9 Å². The van der Waals surface area contributed by atoms with Crippen LogP contribution in [0.25, 0.3) is 0 Å². The molecule has 9 heteroatoms. The third-order valence-electron chi connectivity index (χ3n) is 4.73. The molecule has 0 spiro atoms. The van der Waals surface area contributed by atoms with Crippen molar-refractivity contribution in [3.05, 3.63) is 94.3 Å². The van der Waals surface area contributed by atoms with Crippen molar-refractivity contribution in [3.8, 4) is 5.75 Å². The molecule has 0 radical (unpaired) electrons. The van der Waals surface area contributed by atoms with Gasteiger partial charge in [0, 0.05) is 23.7 Å². The van der Waals surface area contributed by atoms with Crippen LogP contribution in [0.5, 0.6) is 5.75 Å². The molecule has 0 aromatic heterocycles. The lowest BCUT2D eigenvalue weighted by Gasteiger charge is -2.13. The standard InChI is InChI=1S/C23H22ClFN2O4S/c1-31-21-11-8-18(23(28)26-13-12-17-4-2-3-5-20(17)25)14-22(21)32(29,30)27-15-16-6-9-19(24)10-7-16/h2-11,14,27H,12-13,15H2,1H3,(H,26,28). The summed E-state index contributed by atoms with van der Waals surface area (Å²) < 4.78 is 47.1. The van der Waals surface area contributed by atoms with Crippen molar-refractivity contribution in [2.75, 3.05) is 13.7 Å². The zero-order valence-corrected chi connectivity index (χ0v) is 18.8. The molecule has 3 aromatic rings. The summed E-state index contributed by atoms with van der Waals surface area (Å²) in [7, 11) is -2.63. The highest BCUT2D eigenvalue weighted by atomic mass is 35.5. The third-order valence-corrected chi connectivity index (χ3v) is 6.41. The molecule has 168 valence electrons. The van der Waals surface area contributed by atoms with Crippen molar-refractivity contribution in [2.45, 2.75) is 17.9 Å². The number of benzene rings is 3. The van der Waals surface area contributed by atoms with Crippen LogP contribution in [0.4, 0.5) is 4.39 Å². The van der Waals surface area contributed by atoms with Crippen LogP contribution in [0.3, 0.4) is 0 Å². The van der Waals surface area contributed by atoms with E-state index in [-0.39, 0.29) is 35.1 Å². The van der Waals surface area contributed by atoms with Crippen LogP contribution in [0.1, 0.15) is 21.5 Å². The van der Waals surface area contributed by atoms with Gasteiger partial charge in [-0.3, -0.25) is 4.79 Å². The third kappa shape index (κ3) is 6.06. The smallest absolute Gasteiger partial charge is 0.251 e. The first-order valence-corrected chi connectivity index (χ1v) is 11.6. The number of ether oxygens (including phenoxy) is 1. The number of methoxy groups -OCH3 is 1. The zero-order chi connectivity index (χ0) is 23.1. The molecule has 0 unspecified atom stereocenters. The normalized spacial score (nSPS) is 11.2. The Balaban J connectivity index is 1.71. The van der Waals surface area contributed by atoms with Crippen LogP contribution in [0, 0.1) is 5.82 Å². The van der Waals surface area contributed by atoms with Gasteiger partial charge in [-0.1, -0.05) is 41.9 Å². The predicted octanol–water partition coefficient (Wildman–Crippen LogP) is 3.94. The number of carbonyl (C=O) groups excluding carboxylic acids is 1. The van der Waals surface area contributed by atoms with Gasteiger partial charge in [-0.25, -0.2) is 17.5 Å². The number of nitrogens with one attached hydrogen (secondary N) is 2. The summed E-state index contributed by atoms with van der Waals surface area (Å²) in [5.41, 5.74) is 1.35. The van der Waals surface area contributed by atoms with E-state index in [1.807, 2.05) is 0 Å². The summed E-state index contributed by atoms with van der Waals surface area (Å²) in [5.74, 6) is -0.707. The molecule has 0 saturated heterocycles. The van der Waals surface area contributed by atoms with E-state index in [0.717, 1.165) is 5.56 Å². The van der Waals surface area contributed by atoms with Crippen LogP contribution in [-0.4, -0.2) is 28.0 Å². The first kappa shape index (κ1) is 23.7. The molecule has 6 nitrogen and oxygen atoms in total. The highest BCUT2D eigenvalue weighted by molar-refractivity contribution is 7.89. The minimum atomic E-state index is -3.97. The number of rotatable bonds is 9. The average Bonchev–Trinajstić information content (AvgIpc) is 2.79. The Hall–Kier alpha value is -2.94. The molecule has 0 saturated carbocycles. The predicted molar refractivity (Wildman–Crippen MR) is 121 cm³/mol. The van der Waals surface area contributed by atoms with Crippen molar-refractivity contribution in [2.24, 2.45) is 0 Å². The number of carbonyl (C=O) groups is 1. The molecular weight excluding hydrogens is 455 g/mol. The lowest BCUT2D eigenvalue weighted by molar-refractivity contribution is 0.0953. The van der Waals surface area contributed by atoms with Crippen LogP contribution < -0.4 is 14.8 Å². The van der Waals surface area contributed by atoms with Gasteiger partial charge in [0.2, 0.25) is 10.0 Å². The fraction of sp³-hybridized carbons (Fsp3) is 0.174. The molecule has 0 aliphatic heterocycles. The Morgan fingerprint density at radius 2 is 1.78 bits per heavy atom. The number of amides is 1. The van der Waals surface area contributed by atoms with Crippen molar-refractivity contribution >= 4 is 27.5 Å². The van der Waals surface area contributed by atoms with E-state index in [4.69, 9.17) is 16.3 Å². The molecule has 0 heterocycles. The molecule has 32 heavy (non-hydrogen) atoms. The Morgan fingerprint density at radius 1 is 1.06 bits per heavy atom. The first-order chi connectivity index (χ1) is 15.3. The quantitative estimate of drug-likeness (QED) is 0.490. The number of hydrogen-bond donors (Lipinski definition) is 2. The van der Waals surface area contributed by atoms with E-state index in [2.05, 4.69) is 10.0 Å². The summed E-state index contributed by atoms with van der Waals surface area (Å²) in [4.78, 5) is 12.4. The Labute approximate surface area is 191 Å². The minimum Gasteiger partial charge on any atom is -0.495 e. The maximum absolute atomic E-state index is 13.7. The van der Waals surface area contributed by atoms with Gasteiger partial charge in [0.05, 0.1) is 7.11 Å². The van der Waals surface area contributed by atoms with E-state index in [0.29, 0.717) is 17.0 Å². The second-order valence-corrected chi connectivity index (χ2v) is 9.09. The summed E-state index contributed by atoms with van der Waals surface area (Å²) in [6.07, 6.45) is 0.308. The van der Waals surface area contributed by atoms with Gasteiger partial charge in [0.15, 0.2) is 0 Å². The fourth-order valence-electron chi connectivity index (χ4n) is 3.00. The van der Waals surface area contributed by atoms with Gasteiger partial charge >= 0.3 is 0 Å². The van der Waals surface area contributed by atoms with E-state index >= 15 is 0 Å². The molecular formula is C23H22ClFN2O4S. The lowest BCUT2D eigenvalue weighted by Crippen LogP contribution is -2.27. The average molecular weight is 477 g/mol. The summed E-state index contributed by atoms with van der Waals surface area (Å²) in [5, 5.41) is 3.23. The summed E-state index contributed by atoms with van der Waals surface area (Å²) >= 11 is 5.85. The second-order valence-electron chi connectivity index (χ2n) is 6.91. The fourth-order valence-corrected chi connectivity index (χ4v) is 4.34. The van der Waals surface area contributed by atoms with Gasteiger partial charge in [-0.2, -0.15) is 0 Å². The molecule has 0 aliphatic carbocycles. The van der Waals surface area contributed by atoms with Crippen LogP contribution >= 0.6 is 11.6 Å². The monoisotopic (exact) mass is 476 g/mol. The minimum absolute atomic E-state index is 0.0434. The zero-order valence-electron chi connectivity index (χ0n) is 17.3. The van der Waals surface area contributed by atoms with Gasteiger partial charge in [0.25, 0.3) is 5.91 Å². The van der Waals surface area contributed by atoms with Crippen LogP contribution in [-0.2, 0) is 23.0 Å². The SMILES string of the molecule is COc1ccc(C(=O)NCCc2ccccc2F)cc1S(=O)(=O)NCc1ccc(Cl)cc1. The van der Waals surface area contributed by atoms with Crippen molar-refractivity contribution < 1.29 is 22.3 Å². The molecule has 0 fully saturated rings. The van der Waals surface area contributed by atoms with Gasteiger partial charge in [0.1, 0.15) is 16.5 Å². The summed E-state index contributed by atoms with van der Waals surface area (Å²) in [6.45, 7) is 0.240. The van der Waals surface area contributed by atoms with E-state index in [9.17, 15) is 17.6 Å². The number of hydrogen-bond acceptors (Lipinski definition) is 4.